The Morgan fingerprint density at radius 3 is 2.27 bits per heavy atom. The topological polar surface area (TPSA) is 0 Å². The van der Waals surface area contributed by atoms with Crippen LogP contribution in [0.5, 0.6) is 0 Å². The maximum absolute atomic E-state index is 2.41. The van der Waals surface area contributed by atoms with Crippen molar-refractivity contribution < 1.29 is 0 Å². The first-order chi connectivity index (χ1) is 7.09. The van der Waals surface area contributed by atoms with Crippen molar-refractivity contribution in [3.05, 3.63) is 34.4 Å². The number of rotatable bonds is 0. The van der Waals surface area contributed by atoms with Crippen molar-refractivity contribution in [1.29, 1.82) is 0 Å². The highest BCUT2D eigenvalue weighted by atomic mass is 14.1. The summed E-state index contributed by atoms with van der Waals surface area (Å²) in [7, 11) is 0. The lowest BCUT2D eigenvalue weighted by molar-refractivity contribution is 0.844. The van der Waals surface area contributed by atoms with Crippen LogP contribution in [0.1, 0.15) is 59.8 Å². The van der Waals surface area contributed by atoms with Crippen LogP contribution in [0.3, 0.4) is 0 Å². The first-order valence-electron chi connectivity index (χ1n) is 6.06. The van der Waals surface area contributed by atoms with Gasteiger partial charge in [0.2, 0.25) is 0 Å². The molecule has 0 fully saturated rings. The highest BCUT2D eigenvalue weighted by molar-refractivity contribution is 5.18. The number of hydrogen-bond acceptors (Lipinski definition) is 0. The zero-order chi connectivity index (χ0) is 11.3. The Morgan fingerprint density at radius 2 is 1.60 bits per heavy atom. The van der Waals surface area contributed by atoms with Gasteiger partial charge in [0.1, 0.15) is 0 Å². The van der Waals surface area contributed by atoms with Gasteiger partial charge in [0.25, 0.3) is 0 Å². The van der Waals surface area contributed by atoms with E-state index in [2.05, 4.69) is 39.8 Å². The van der Waals surface area contributed by atoms with E-state index in [4.69, 9.17) is 0 Å². The van der Waals surface area contributed by atoms with Gasteiger partial charge in [0, 0.05) is 0 Å². The Morgan fingerprint density at radius 1 is 0.933 bits per heavy atom. The van der Waals surface area contributed by atoms with Crippen LogP contribution in [0.2, 0.25) is 0 Å². The van der Waals surface area contributed by atoms with Gasteiger partial charge < -0.3 is 0 Å². The molecule has 0 aromatic carbocycles. The molecule has 1 aliphatic carbocycles. The van der Waals surface area contributed by atoms with Crippen LogP contribution >= 0.6 is 0 Å². The average molecular weight is 204 g/mol. The van der Waals surface area contributed by atoms with E-state index < -0.39 is 0 Å². The molecular weight excluding hydrogens is 180 g/mol. The van der Waals surface area contributed by atoms with Crippen molar-refractivity contribution in [1.82, 2.24) is 0 Å². The molecule has 0 spiro atoms. The summed E-state index contributed by atoms with van der Waals surface area (Å²) in [6.45, 7) is 9.00. The summed E-state index contributed by atoms with van der Waals surface area (Å²) >= 11 is 0. The van der Waals surface area contributed by atoms with Crippen molar-refractivity contribution in [3.8, 4) is 0 Å². The summed E-state index contributed by atoms with van der Waals surface area (Å²) in [6, 6.07) is 0. The van der Waals surface area contributed by atoms with Crippen LogP contribution in [0.15, 0.2) is 34.4 Å². The summed E-state index contributed by atoms with van der Waals surface area (Å²) in [5.41, 5.74) is 6.24. The van der Waals surface area contributed by atoms with Crippen molar-refractivity contribution in [3.63, 3.8) is 0 Å². The fraction of sp³-hybridized carbons (Fsp3) is 0.600. The van der Waals surface area contributed by atoms with Gasteiger partial charge in [-0.3, -0.25) is 0 Å². The molecular formula is C15H24. The van der Waals surface area contributed by atoms with E-state index >= 15 is 0 Å². The normalized spacial score (nSPS) is 26.3. The largest absolute Gasteiger partial charge is 0.0853 e. The van der Waals surface area contributed by atoms with E-state index in [0.717, 1.165) is 0 Å². The molecule has 0 radical (unpaired) electrons. The predicted octanol–water partition coefficient (Wildman–Crippen LogP) is 5.18. The highest BCUT2D eigenvalue weighted by Gasteiger charge is 2.02. The molecule has 0 aliphatic heterocycles. The number of allylic oxidation sites excluding steroid dienone is 6. The van der Waals surface area contributed by atoms with E-state index in [-0.39, 0.29) is 0 Å². The maximum atomic E-state index is 2.41. The van der Waals surface area contributed by atoms with Crippen molar-refractivity contribution in [2.45, 2.75) is 59.8 Å². The van der Waals surface area contributed by atoms with E-state index in [9.17, 15) is 0 Å². The summed E-state index contributed by atoms with van der Waals surface area (Å²) in [5.74, 6) is 0. The van der Waals surface area contributed by atoms with Crippen LogP contribution in [0.4, 0.5) is 0 Å². The minimum Gasteiger partial charge on any atom is -0.0853 e. The zero-order valence-electron chi connectivity index (χ0n) is 10.7. The SMILES string of the molecule is CC(C)=C1C/C=C(/C)CC/C=C(\C)CC1. The summed E-state index contributed by atoms with van der Waals surface area (Å²) in [4.78, 5) is 0. The van der Waals surface area contributed by atoms with Gasteiger partial charge in [0.15, 0.2) is 0 Å². The van der Waals surface area contributed by atoms with Gasteiger partial charge in [0.05, 0.1) is 0 Å². The Balaban J connectivity index is 2.80. The summed E-state index contributed by atoms with van der Waals surface area (Å²) < 4.78 is 0. The molecule has 0 bridgehead atoms. The number of hydrogen-bond donors (Lipinski definition) is 0. The standard InChI is InChI=1S/C15H24/c1-12(2)15-10-8-13(3)6-5-7-14(4)9-11-15/h6,9H,5,7-8,10-11H2,1-4H3/b13-6+,14-9-. The molecule has 0 amide bonds. The first kappa shape index (κ1) is 12.3. The van der Waals surface area contributed by atoms with E-state index in [0.29, 0.717) is 0 Å². The Bertz CT molecular complexity index is 296. The molecule has 0 unspecified atom stereocenters. The molecule has 0 nitrogen and oxygen atoms in total. The molecule has 84 valence electrons. The lowest BCUT2D eigenvalue weighted by atomic mass is 9.95. The monoisotopic (exact) mass is 204 g/mol. The Labute approximate surface area is 94.8 Å². The van der Waals surface area contributed by atoms with Gasteiger partial charge in [-0.1, -0.05) is 34.4 Å². The molecule has 0 heteroatoms. The second-order valence-corrected chi connectivity index (χ2v) is 4.95. The predicted molar refractivity (Wildman–Crippen MR) is 69.0 cm³/mol. The van der Waals surface area contributed by atoms with Gasteiger partial charge in [-0.25, -0.2) is 0 Å². The van der Waals surface area contributed by atoms with Gasteiger partial charge in [-0.2, -0.15) is 0 Å². The molecule has 0 N–H and O–H groups in total. The zero-order valence-corrected chi connectivity index (χ0v) is 10.7. The second kappa shape index (κ2) is 5.95. The van der Waals surface area contributed by atoms with E-state index in [1.165, 1.54) is 37.7 Å². The molecule has 15 heavy (non-hydrogen) atoms. The molecule has 0 aromatic rings. The van der Waals surface area contributed by atoms with Crippen molar-refractivity contribution >= 4 is 0 Å². The summed E-state index contributed by atoms with van der Waals surface area (Å²) in [6.07, 6.45) is 10.9. The van der Waals surface area contributed by atoms with Gasteiger partial charge in [-0.15, -0.1) is 0 Å². The molecule has 0 aromatic heterocycles. The van der Waals surface area contributed by atoms with Crippen LogP contribution < -0.4 is 0 Å². The summed E-state index contributed by atoms with van der Waals surface area (Å²) in [5, 5.41) is 0. The molecule has 0 atom stereocenters. The second-order valence-electron chi connectivity index (χ2n) is 4.95. The van der Waals surface area contributed by atoms with Gasteiger partial charge in [-0.05, 0) is 59.8 Å². The van der Waals surface area contributed by atoms with Crippen molar-refractivity contribution in [2.75, 3.05) is 0 Å². The average Bonchev–Trinajstić information content (AvgIpc) is 2.16. The van der Waals surface area contributed by atoms with Crippen LogP contribution in [0, 0.1) is 0 Å². The Hall–Kier alpha value is -0.780. The minimum absolute atomic E-state index is 1.17. The third kappa shape index (κ3) is 4.51. The van der Waals surface area contributed by atoms with Gasteiger partial charge >= 0.3 is 0 Å². The van der Waals surface area contributed by atoms with E-state index in [1.807, 2.05) is 0 Å². The maximum Gasteiger partial charge on any atom is -0.0134 e. The van der Waals surface area contributed by atoms with Crippen molar-refractivity contribution in [2.24, 2.45) is 0 Å². The smallest absolute Gasteiger partial charge is 0.0134 e. The lowest BCUT2D eigenvalue weighted by Gasteiger charge is -2.11. The molecule has 1 aliphatic rings. The quantitative estimate of drug-likeness (QED) is 0.477. The third-order valence-electron chi connectivity index (χ3n) is 3.26. The minimum atomic E-state index is 1.17. The van der Waals surface area contributed by atoms with Crippen LogP contribution in [-0.4, -0.2) is 0 Å². The van der Waals surface area contributed by atoms with E-state index in [1.54, 1.807) is 16.7 Å². The fourth-order valence-electron chi connectivity index (χ4n) is 1.95. The Kier molecular flexibility index (Phi) is 4.87. The molecule has 0 saturated heterocycles. The molecule has 0 heterocycles. The third-order valence-corrected chi connectivity index (χ3v) is 3.26. The highest BCUT2D eigenvalue weighted by Crippen LogP contribution is 2.22. The van der Waals surface area contributed by atoms with Crippen LogP contribution in [-0.2, 0) is 0 Å². The lowest BCUT2D eigenvalue weighted by Crippen LogP contribution is -1.91. The fourth-order valence-corrected chi connectivity index (χ4v) is 1.95. The molecule has 1 rings (SSSR count). The van der Waals surface area contributed by atoms with Crippen LogP contribution in [0.25, 0.3) is 0 Å². The molecule has 0 saturated carbocycles. The first-order valence-corrected chi connectivity index (χ1v) is 6.06.